The van der Waals surface area contributed by atoms with Gasteiger partial charge in [0.2, 0.25) is 0 Å². The Balaban J connectivity index is 2.21. The summed E-state index contributed by atoms with van der Waals surface area (Å²) in [6.07, 6.45) is 0. The molecule has 3 heteroatoms. The van der Waals surface area contributed by atoms with Gasteiger partial charge in [0.05, 0.1) is 12.0 Å². The van der Waals surface area contributed by atoms with Crippen molar-refractivity contribution in [1.82, 2.24) is 0 Å². The third-order valence-electron chi connectivity index (χ3n) is 4.77. The smallest absolute Gasteiger partial charge is 0.193 e. The molecule has 0 saturated heterocycles. The van der Waals surface area contributed by atoms with Gasteiger partial charge in [0.1, 0.15) is 5.60 Å². The summed E-state index contributed by atoms with van der Waals surface area (Å²) in [5.74, 6) is 0. The first-order valence-electron chi connectivity index (χ1n) is 9.01. The molecule has 0 aromatic heterocycles. The first-order chi connectivity index (χ1) is 13.0. The van der Waals surface area contributed by atoms with Crippen LogP contribution in [0, 0.1) is 5.41 Å². The molecule has 0 fully saturated rings. The van der Waals surface area contributed by atoms with Crippen LogP contribution >= 0.6 is 12.6 Å². The molecule has 3 aromatic rings. The first-order valence-corrected chi connectivity index (χ1v) is 9.45. The summed E-state index contributed by atoms with van der Waals surface area (Å²) in [7, 11) is 0. The SMILES string of the molecule is CC(C)(COC(c1ccccc1)(c1ccccc1)c1ccccc1)C(=O)S. The minimum Gasteiger partial charge on any atom is -0.360 e. The number of hydrogen-bond acceptors (Lipinski definition) is 2. The summed E-state index contributed by atoms with van der Waals surface area (Å²) < 4.78 is 6.64. The van der Waals surface area contributed by atoms with E-state index in [1.807, 2.05) is 68.4 Å². The van der Waals surface area contributed by atoms with Gasteiger partial charge in [-0.15, -0.1) is 12.6 Å². The number of ether oxygens (including phenoxy) is 1. The Morgan fingerprint density at radius 3 is 1.37 bits per heavy atom. The van der Waals surface area contributed by atoms with Gasteiger partial charge in [0, 0.05) is 0 Å². The van der Waals surface area contributed by atoms with E-state index in [2.05, 4.69) is 49.0 Å². The zero-order valence-corrected chi connectivity index (χ0v) is 16.5. The summed E-state index contributed by atoms with van der Waals surface area (Å²) >= 11 is 4.05. The monoisotopic (exact) mass is 376 g/mol. The van der Waals surface area contributed by atoms with Crippen molar-refractivity contribution >= 4 is 17.7 Å². The summed E-state index contributed by atoms with van der Waals surface area (Å²) in [4.78, 5) is 12.0. The van der Waals surface area contributed by atoms with Crippen LogP contribution in [0.3, 0.4) is 0 Å². The molecular formula is C24H24O2S. The van der Waals surface area contributed by atoms with Gasteiger partial charge in [-0.2, -0.15) is 0 Å². The molecule has 0 N–H and O–H groups in total. The summed E-state index contributed by atoms with van der Waals surface area (Å²) in [6.45, 7) is 3.95. The number of thiol groups is 1. The molecule has 0 atom stereocenters. The highest BCUT2D eigenvalue weighted by Crippen LogP contribution is 2.41. The fourth-order valence-corrected chi connectivity index (χ4v) is 3.18. The molecule has 0 bridgehead atoms. The van der Waals surface area contributed by atoms with Crippen LogP contribution in [0.25, 0.3) is 0 Å². The maximum absolute atomic E-state index is 12.0. The van der Waals surface area contributed by atoms with Crippen molar-refractivity contribution in [2.45, 2.75) is 19.4 Å². The van der Waals surface area contributed by atoms with Gasteiger partial charge in [-0.05, 0) is 30.5 Å². The maximum atomic E-state index is 12.0. The Labute approximate surface area is 166 Å². The maximum Gasteiger partial charge on any atom is 0.193 e. The Bertz CT molecular complexity index is 777. The summed E-state index contributed by atoms with van der Waals surface area (Å²) in [5, 5.41) is -0.189. The molecule has 0 heterocycles. The van der Waals surface area contributed by atoms with Crippen LogP contribution in [-0.2, 0) is 15.1 Å². The van der Waals surface area contributed by atoms with E-state index in [1.165, 1.54) is 0 Å². The van der Waals surface area contributed by atoms with E-state index in [4.69, 9.17) is 4.74 Å². The average Bonchev–Trinajstić information content (AvgIpc) is 2.71. The molecule has 0 radical (unpaired) electrons. The Morgan fingerprint density at radius 2 is 1.07 bits per heavy atom. The van der Waals surface area contributed by atoms with Crippen molar-refractivity contribution in [2.75, 3.05) is 6.61 Å². The highest BCUT2D eigenvalue weighted by molar-refractivity contribution is 7.96. The van der Waals surface area contributed by atoms with Crippen molar-refractivity contribution in [2.24, 2.45) is 5.41 Å². The Morgan fingerprint density at radius 1 is 0.741 bits per heavy atom. The van der Waals surface area contributed by atoms with E-state index in [9.17, 15) is 4.79 Å². The normalized spacial score (nSPS) is 12.0. The minimum absolute atomic E-state index is 0.189. The predicted molar refractivity (Wildman–Crippen MR) is 113 cm³/mol. The van der Waals surface area contributed by atoms with Crippen LogP contribution in [0.4, 0.5) is 0 Å². The molecular weight excluding hydrogens is 352 g/mol. The van der Waals surface area contributed by atoms with Gasteiger partial charge in [-0.1, -0.05) is 91.0 Å². The highest BCUT2D eigenvalue weighted by Gasteiger charge is 2.40. The van der Waals surface area contributed by atoms with E-state index in [1.54, 1.807) is 0 Å². The second kappa shape index (κ2) is 8.12. The van der Waals surface area contributed by atoms with Crippen LogP contribution < -0.4 is 0 Å². The molecule has 3 aromatic carbocycles. The zero-order chi connectivity index (χ0) is 19.3. The third-order valence-corrected chi connectivity index (χ3v) is 5.37. The standard InChI is InChI=1S/C24H24O2S/c1-23(2,22(25)27)18-26-24(19-12-6-3-7-13-19,20-14-8-4-9-15-20)21-16-10-5-11-17-21/h3-17H,18H2,1-2H3,(H,25,27). The fourth-order valence-electron chi connectivity index (χ4n) is 3.12. The summed E-state index contributed by atoms with van der Waals surface area (Å²) in [6, 6.07) is 30.4. The number of carbonyl (C=O) groups excluding carboxylic acids is 1. The van der Waals surface area contributed by atoms with Crippen LogP contribution in [0.2, 0.25) is 0 Å². The number of benzene rings is 3. The van der Waals surface area contributed by atoms with Crippen molar-refractivity contribution in [3.63, 3.8) is 0 Å². The largest absolute Gasteiger partial charge is 0.360 e. The number of carbonyl (C=O) groups is 1. The molecule has 0 saturated carbocycles. The molecule has 0 aliphatic rings. The third kappa shape index (κ3) is 4.00. The number of rotatable bonds is 7. The topological polar surface area (TPSA) is 26.3 Å². The van der Waals surface area contributed by atoms with Gasteiger partial charge in [0.15, 0.2) is 5.12 Å². The lowest BCUT2D eigenvalue weighted by Crippen LogP contribution is -2.38. The second-order valence-corrected chi connectivity index (χ2v) is 7.66. The molecule has 3 rings (SSSR count). The molecule has 0 spiro atoms. The lowest BCUT2D eigenvalue weighted by Gasteiger charge is -2.38. The van der Waals surface area contributed by atoms with Crippen LogP contribution in [-0.4, -0.2) is 11.7 Å². The van der Waals surface area contributed by atoms with Crippen molar-refractivity contribution in [3.8, 4) is 0 Å². The van der Waals surface area contributed by atoms with E-state index in [0.29, 0.717) is 0 Å². The highest BCUT2D eigenvalue weighted by atomic mass is 32.1. The minimum atomic E-state index is -0.815. The Kier molecular flexibility index (Phi) is 5.83. The van der Waals surface area contributed by atoms with Gasteiger partial charge in [-0.3, -0.25) is 4.79 Å². The van der Waals surface area contributed by atoms with Crippen molar-refractivity contribution in [3.05, 3.63) is 108 Å². The van der Waals surface area contributed by atoms with Crippen molar-refractivity contribution in [1.29, 1.82) is 0 Å². The van der Waals surface area contributed by atoms with E-state index >= 15 is 0 Å². The Hall–Kier alpha value is -2.36. The van der Waals surface area contributed by atoms with Crippen LogP contribution in [0.1, 0.15) is 30.5 Å². The fraction of sp³-hybridized carbons (Fsp3) is 0.208. The molecule has 27 heavy (non-hydrogen) atoms. The van der Waals surface area contributed by atoms with E-state index in [0.717, 1.165) is 16.7 Å². The first kappa shape index (κ1) is 19.4. The van der Waals surface area contributed by atoms with Gasteiger partial charge >= 0.3 is 0 Å². The van der Waals surface area contributed by atoms with Gasteiger partial charge in [0.25, 0.3) is 0 Å². The lowest BCUT2D eigenvalue weighted by atomic mass is 9.79. The second-order valence-electron chi connectivity index (χ2n) is 7.26. The van der Waals surface area contributed by atoms with E-state index < -0.39 is 11.0 Å². The van der Waals surface area contributed by atoms with Gasteiger partial charge in [-0.25, -0.2) is 0 Å². The van der Waals surface area contributed by atoms with Crippen LogP contribution in [0.5, 0.6) is 0 Å². The summed E-state index contributed by atoms with van der Waals surface area (Å²) in [5.41, 5.74) is 1.54. The number of hydrogen-bond donors (Lipinski definition) is 1. The molecule has 138 valence electrons. The average molecular weight is 377 g/mol. The van der Waals surface area contributed by atoms with Crippen molar-refractivity contribution < 1.29 is 9.53 Å². The lowest BCUT2D eigenvalue weighted by molar-refractivity contribution is -0.124. The van der Waals surface area contributed by atoms with Gasteiger partial charge < -0.3 is 4.74 Å². The van der Waals surface area contributed by atoms with Crippen LogP contribution in [0.15, 0.2) is 91.0 Å². The molecule has 0 aliphatic carbocycles. The molecule has 2 nitrogen and oxygen atoms in total. The zero-order valence-electron chi connectivity index (χ0n) is 15.6. The molecule has 0 unspecified atom stereocenters. The molecule has 0 aliphatic heterocycles. The molecule has 0 amide bonds. The van der Waals surface area contributed by atoms with E-state index in [-0.39, 0.29) is 11.7 Å². The quantitative estimate of drug-likeness (QED) is 0.437. The predicted octanol–water partition coefficient (Wildman–Crippen LogP) is 5.48.